The van der Waals surface area contributed by atoms with E-state index in [2.05, 4.69) is 13.0 Å². The van der Waals surface area contributed by atoms with Gasteiger partial charge in [0.15, 0.2) is 0 Å². The van der Waals surface area contributed by atoms with Gasteiger partial charge in [-0.1, -0.05) is 61.5 Å². The van der Waals surface area contributed by atoms with Gasteiger partial charge >= 0.3 is 5.97 Å². The molecule has 28 heavy (non-hydrogen) atoms. The maximum absolute atomic E-state index is 12.9. The van der Waals surface area contributed by atoms with Crippen molar-refractivity contribution < 1.29 is 14.3 Å². The number of hydrogen-bond donors (Lipinski definition) is 1. The highest BCUT2D eigenvalue weighted by atomic mass is 16.5. The fourth-order valence-electron chi connectivity index (χ4n) is 3.23. The number of hydrogen-bond acceptors (Lipinski definition) is 5. The molecule has 0 spiro atoms. The van der Waals surface area contributed by atoms with E-state index in [-0.39, 0.29) is 18.1 Å². The number of benzene rings is 2. The number of nitriles is 1. The smallest absolute Gasteiger partial charge is 0.338 e. The molecule has 0 saturated heterocycles. The summed E-state index contributed by atoms with van der Waals surface area (Å²) >= 11 is 0. The van der Waals surface area contributed by atoms with E-state index in [0.717, 1.165) is 17.5 Å². The van der Waals surface area contributed by atoms with Crippen molar-refractivity contribution in [3.8, 4) is 6.07 Å². The molecule has 5 nitrogen and oxygen atoms in total. The van der Waals surface area contributed by atoms with Crippen LogP contribution in [0.5, 0.6) is 0 Å². The summed E-state index contributed by atoms with van der Waals surface area (Å²) in [6.07, 6.45) is 0.901. The van der Waals surface area contributed by atoms with Gasteiger partial charge in [-0.2, -0.15) is 5.26 Å². The van der Waals surface area contributed by atoms with E-state index in [9.17, 15) is 10.1 Å². The van der Waals surface area contributed by atoms with E-state index in [0.29, 0.717) is 11.3 Å². The molecule has 2 aromatic rings. The summed E-state index contributed by atoms with van der Waals surface area (Å²) in [5.74, 6) is -0.776. The van der Waals surface area contributed by atoms with Gasteiger partial charge in [0.25, 0.3) is 0 Å². The SMILES string of the molecule is CCc1ccc(C2C(C#N)=C(N)OC(C)=C2C(=O)OCc2ccccc2)cc1. The van der Waals surface area contributed by atoms with Crippen molar-refractivity contribution in [3.05, 3.63) is 94.1 Å². The summed E-state index contributed by atoms with van der Waals surface area (Å²) in [6, 6.07) is 19.3. The number of allylic oxidation sites excluding steroid dienone is 2. The highest BCUT2D eigenvalue weighted by molar-refractivity contribution is 5.92. The Kier molecular flexibility index (Phi) is 5.81. The molecule has 5 heteroatoms. The Morgan fingerprint density at radius 1 is 1.14 bits per heavy atom. The minimum Gasteiger partial charge on any atom is -0.457 e. The van der Waals surface area contributed by atoms with Crippen LogP contribution in [0.4, 0.5) is 0 Å². The average Bonchev–Trinajstić information content (AvgIpc) is 2.72. The number of nitrogens with two attached hydrogens (primary N) is 1. The van der Waals surface area contributed by atoms with E-state index >= 15 is 0 Å². The van der Waals surface area contributed by atoms with Gasteiger partial charge in [-0.25, -0.2) is 4.79 Å². The molecule has 0 radical (unpaired) electrons. The molecule has 0 amide bonds. The third-order valence-corrected chi connectivity index (χ3v) is 4.76. The van der Waals surface area contributed by atoms with E-state index < -0.39 is 11.9 Å². The normalized spacial score (nSPS) is 16.4. The zero-order valence-electron chi connectivity index (χ0n) is 15.9. The number of ether oxygens (including phenoxy) is 2. The van der Waals surface area contributed by atoms with Gasteiger partial charge in [0.05, 0.1) is 11.5 Å². The van der Waals surface area contributed by atoms with Crippen LogP contribution in [0.3, 0.4) is 0 Å². The summed E-state index contributed by atoms with van der Waals surface area (Å²) in [7, 11) is 0. The van der Waals surface area contributed by atoms with Gasteiger partial charge in [0, 0.05) is 0 Å². The summed E-state index contributed by atoms with van der Waals surface area (Å²) in [5.41, 5.74) is 9.29. The second-order valence-corrected chi connectivity index (χ2v) is 6.55. The topological polar surface area (TPSA) is 85.3 Å². The molecule has 2 N–H and O–H groups in total. The summed E-state index contributed by atoms with van der Waals surface area (Å²) in [4.78, 5) is 12.9. The summed E-state index contributed by atoms with van der Waals surface area (Å²) in [6.45, 7) is 3.87. The number of nitrogens with zero attached hydrogens (tertiary/aromatic N) is 1. The summed E-state index contributed by atoms with van der Waals surface area (Å²) in [5, 5.41) is 9.65. The van der Waals surface area contributed by atoms with Gasteiger partial charge in [-0.05, 0) is 30.0 Å². The van der Waals surface area contributed by atoms with Crippen LogP contribution in [-0.4, -0.2) is 5.97 Å². The van der Waals surface area contributed by atoms with Crippen molar-refractivity contribution in [3.63, 3.8) is 0 Å². The van der Waals surface area contributed by atoms with E-state index in [4.69, 9.17) is 15.2 Å². The Morgan fingerprint density at radius 2 is 1.82 bits per heavy atom. The average molecular weight is 374 g/mol. The first-order chi connectivity index (χ1) is 13.5. The van der Waals surface area contributed by atoms with Crippen LogP contribution in [0, 0.1) is 11.3 Å². The van der Waals surface area contributed by atoms with Crippen LogP contribution in [0.2, 0.25) is 0 Å². The molecule has 0 aliphatic carbocycles. The molecular weight excluding hydrogens is 352 g/mol. The molecule has 142 valence electrons. The third kappa shape index (κ3) is 3.91. The first-order valence-corrected chi connectivity index (χ1v) is 9.13. The molecule has 1 aliphatic rings. The maximum atomic E-state index is 12.9. The van der Waals surface area contributed by atoms with Crippen molar-refractivity contribution in [2.24, 2.45) is 5.73 Å². The minimum atomic E-state index is -0.618. The standard InChI is InChI=1S/C23H22N2O3/c1-3-16-9-11-18(12-10-16)21-19(13-24)22(25)28-15(2)20(21)23(26)27-14-17-7-5-4-6-8-17/h4-12,21H,3,14,25H2,1-2H3. The first kappa shape index (κ1) is 19.2. The van der Waals surface area contributed by atoms with Crippen LogP contribution in [0.15, 0.2) is 77.4 Å². The highest BCUT2D eigenvalue weighted by Crippen LogP contribution is 2.39. The largest absolute Gasteiger partial charge is 0.457 e. The molecule has 1 unspecified atom stereocenters. The molecule has 1 atom stereocenters. The first-order valence-electron chi connectivity index (χ1n) is 9.13. The molecule has 2 aromatic carbocycles. The zero-order valence-corrected chi connectivity index (χ0v) is 15.9. The Bertz CT molecular complexity index is 967. The van der Waals surface area contributed by atoms with Gasteiger partial charge in [-0.15, -0.1) is 0 Å². The Labute approximate surface area is 164 Å². The van der Waals surface area contributed by atoms with Crippen LogP contribution in [0.1, 0.15) is 36.5 Å². The van der Waals surface area contributed by atoms with Crippen molar-refractivity contribution in [1.29, 1.82) is 5.26 Å². The molecule has 1 aliphatic heterocycles. The van der Waals surface area contributed by atoms with E-state index in [1.807, 2.05) is 54.6 Å². The summed E-state index contributed by atoms with van der Waals surface area (Å²) < 4.78 is 11.0. The van der Waals surface area contributed by atoms with Crippen LogP contribution >= 0.6 is 0 Å². The second-order valence-electron chi connectivity index (χ2n) is 6.55. The number of aryl methyl sites for hydroxylation is 1. The van der Waals surface area contributed by atoms with Crippen molar-refractivity contribution >= 4 is 5.97 Å². The Balaban J connectivity index is 1.94. The quantitative estimate of drug-likeness (QED) is 0.797. The molecule has 0 aromatic heterocycles. The lowest BCUT2D eigenvalue weighted by Gasteiger charge is -2.27. The predicted octanol–water partition coefficient (Wildman–Crippen LogP) is 4.07. The lowest BCUT2D eigenvalue weighted by molar-refractivity contribution is -0.140. The van der Waals surface area contributed by atoms with Crippen molar-refractivity contribution in [1.82, 2.24) is 0 Å². The Hall–Kier alpha value is -3.52. The lowest BCUT2D eigenvalue weighted by Crippen LogP contribution is -2.25. The van der Waals surface area contributed by atoms with E-state index in [1.54, 1.807) is 6.92 Å². The Morgan fingerprint density at radius 3 is 2.43 bits per heavy atom. The monoisotopic (exact) mass is 374 g/mol. The number of esters is 1. The number of rotatable bonds is 5. The number of carbonyl (C=O) groups is 1. The molecule has 1 heterocycles. The van der Waals surface area contributed by atoms with Crippen molar-refractivity contribution in [2.75, 3.05) is 0 Å². The van der Waals surface area contributed by atoms with Gasteiger partial charge in [0.1, 0.15) is 24.0 Å². The van der Waals surface area contributed by atoms with Gasteiger partial charge in [-0.3, -0.25) is 0 Å². The third-order valence-electron chi connectivity index (χ3n) is 4.76. The molecular formula is C23H22N2O3. The van der Waals surface area contributed by atoms with Crippen LogP contribution in [-0.2, 0) is 27.3 Å². The van der Waals surface area contributed by atoms with Gasteiger partial charge in [0.2, 0.25) is 5.88 Å². The molecule has 0 fully saturated rings. The maximum Gasteiger partial charge on any atom is 0.338 e. The molecule has 3 rings (SSSR count). The van der Waals surface area contributed by atoms with E-state index in [1.165, 1.54) is 5.56 Å². The molecule has 0 saturated carbocycles. The predicted molar refractivity (Wildman–Crippen MR) is 105 cm³/mol. The fraction of sp³-hybridized carbons (Fsp3) is 0.217. The fourth-order valence-corrected chi connectivity index (χ4v) is 3.23. The minimum absolute atomic E-state index is 0.0178. The lowest BCUT2D eigenvalue weighted by atomic mass is 9.83. The zero-order chi connectivity index (χ0) is 20.1. The molecule has 0 bridgehead atoms. The van der Waals surface area contributed by atoms with Crippen molar-refractivity contribution in [2.45, 2.75) is 32.8 Å². The van der Waals surface area contributed by atoms with Gasteiger partial charge < -0.3 is 15.2 Å². The highest BCUT2D eigenvalue weighted by Gasteiger charge is 2.36. The van der Waals surface area contributed by atoms with Crippen LogP contribution < -0.4 is 5.73 Å². The van der Waals surface area contributed by atoms with Crippen LogP contribution in [0.25, 0.3) is 0 Å². The number of carbonyl (C=O) groups excluding carboxylic acids is 1. The second kappa shape index (κ2) is 8.45.